The molecule has 0 bridgehead atoms. The van der Waals surface area contributed by atoms with E-state index in [1.165, 1.54) is 0 Å². The molecule has 3 aromatic rings. The van der Waals surface area contributed by atoms with E-state index < -0.39 is 11.7 Å². The second-order valence-electron chi connectivity index (χ2n) is 6.07. The molecular formula is C20H21N3O2. The first kappa shape index (κ1) is 16.9. The Labute approximate surface area is 146 Å². The molecule has 0 saturated heterocycles. The Morgan fingerprint density at radius 1 is 1.16 bits per heavy atom. The van der Waals surface area contributed by atoms with Gasteiger partial charge in [0.1, 0.15) is 0 Å². The normalized spacial score (nSPS) is 12.1. The largest absolute Gasteiger partial charge is 0.343 e. The van der Waals surface area contributed by atoms with E-state index in [1.54, 1.807) is 13.1 Å². The van der Waals surface area contributed by atoms with Gasteiger partial charge in [0.2, 0.25) is 5.78 Å². The number of carbonyl (C=O) groups excluding carboxylic acids is 2. The summed E-state index contributed by atoms with van der Waals surface area (Å²) in [6.07, 6.45) is 1.95. The molecule has 0 aliphatic heterocycles. The van der Waals surface area contributed by atoms with Crippen LogP contribution in [0.4, 0.5) is 0 Å². The highest BCUT2D eigenvalue weighted by Gasteiger charge is 2.19. The van der Waals surface area contributed by atoms with Crippen LogP contribution >= 0.6 is 0 Å². The summed E-state index contributed by atoms with van der Waals surface area (Å²) in [7, 11) is 0. The highest BCUT2D eigenvalue weighted by Crippen LogP contribution is 2.25. The van der Waals surface area contributed by atoms with Gasteiger partial charge in [0.25, 0.3) is 5.91 Å². The van der Waals surface area contributed by atoms with Crippen molar-refractivity contribution in [1.29, 1.82) is 0 Å². The second-order valence-corrected chi connectivity index (χ2v) is 6.07. The molecule has 0 aliphatic rings. The number of ketones is 1. The Morgan fingerprint density at radius 3 is 2.64 bits per heavy atom. The lowest BCUT2D eigenvalue weighted by atomic mass is 10.1. The molecule has 1 N–H and O–H groups in total. The van der Waals surface area contributed by atoms with E-state index in [2.05, 4.69) is 28.6 Å². The lowest BCUT2D eigenvalue weighted by Gasteiger charge is -2.14. The van der Waals surface area contributed by atoms with Crippen molar-refractivity contribution in [3.8, 4) is 5.69 Å². The molecule has 1 amide bonds. The Balaban J connectivity index is 1.96. The van der Waals surface area contributed by atoms with Crippen molar-refractivity contribution in [3.63, 3.8) is 0 Å². The smallest absolute Gasteiger partial charge is 0.287 e. The molecule has 2 aromatic carbocycles. The standard InChI is InChI=1S/C20H21N3O2/c1-4-19(24)20(25)22-13(2)17-12-21-23(14(17)3)18-11-7-9-15-8-5-6-10-16(15)18/h5-13H,4H2,1-3H3,(H,22,25)/t13-/m1/s1. The highest BCUT2D eigenvalue weighted by molar-refractivity contribution is 6.36. The van der Waals surface area contributed by atoms with Crippen molar-refractivity contribution in [2.24, 2.45) is 0 Å². The number of Topliss-reactive ketones (excluding diaryl/α,β-unsaturated/α-hetero) is 1. The summed E-state index contributed by atoms with van der Waals surface area (Å²) in [6.45, 7) is 5.50. The van der Waals surface area contributed by atoms with Crippen molar-refractivity contribution in [1.82, 2.24) is 15.1 Å². The fraction of sp³-hybridized carbons (Fsp3) is 0.250. The van der Waals surface area contributed by atoms with Gasteiger partial charge in [0.15, 0.2) is 0 Å². The fourth-order valence-electron chi connectivity index (χ4n) is 3.00. The van der Waals surface area contributed by atoms with Crippen LogP contribution < -0.4 is 5.32 Å². The van der Waals surface area contributed by atoms with Gasteiger partial charge in [0, 0.05) is 23.1 Å². The zero-order valence-electron chi connectivity index (χ0n) is 14.6. The zero-order chi connectivity index (χ0) is 18.0. The third-order valence-corrected chi connectivity index (χ3v) is 4.43. The summed E-state index contributed by atoms with van der Waals surface area (Å²) in [4.78, 5) is 23.3. The Hall–Kier alpha value is -2.95. The maximum absolute atomic E-state index is 11.8. The van der Waals surface area contributed by atoms with Gasteiger partial charge in [-0.25, -0.2) is 4.68 Å². The van der Waals surface area contributed by atoms with Crippen LogP contribution in [0, 0.1) is 6.92 Å². The van der Waals surface area contributed by atoms with Crippen molar-refractivity contribution in [2.45, 2.75) is 33.2 Å². The number of amides is 1. The lowest BCUT2D eigenvalue weighted by Crippen LogP contribution is -2.32. The van der Waals surface area contributed by atoms with Gasteiger partial charge in [-0.15, -0.1) is 0 Å². The summed E-state index contributed by atoms with van der Waals surface area (Å²) in [6, 6.07) is 14.0. The number of hydrogen-bond donors (Lipinski definition) is 1. The van der Waals surface area contributed by atoms with Crippen molar-refractivity contribution >= 4 is 22.5 Å². The van der Waals surface area contributed by atoms with Gasteiger partial charge in [-0.1, -0.05) is 43.3 Å². The molecule has 25 heavy (non-hydrogen) atoms. The van der Waals surface area contributed by atoms with E-state index in [-0.39, 0.29) is 12.5 Å². The molecule has 1 aromatic heterocycles. The Morgan fingerprint density at radius 2 is 1.88 bits per heavy atom. The lowest BCUT2D eigenvalue weighted by molar-refractivity contribution is -0.138. The average Bonchev–Trinajstić information content (AvgIpc) is 3.01. The molecule has 5 nitrogen and oxygen atoms in total. The predicted molar refractivity (Wildman–Crippen MR) is 97.7 cm³/mol. The summed E-state index contributed by atoms with van der Waals surface area (Å²) < 4.78 is 1.88. The average molecular weight is 335 g/mol. The van der Waals surface area contributed by atoms with Crippen LogP contribution in [0.15, 0.2) is 48.7 Å². The number of fused-ring (bicyclic) bond motifs is 1. The first-order valence-electron chi connectivity index (χ1n) is 8.39. The maximum Gasteiger partial charge on any atom is 0.287 e. The summed E-state index contributed by atoms with van der Waals surface area (Å²) in [5.74, 6) is -0.960. The van der Waals surface area contributed by atoms with E-state index in [1.807, 2.05) is 42.8 Å². The van der Waals surface area contributed by atoms with E-state index in [0.717, 1.165) is 27.7 Å². The molecule has 0 aliphatic carbocycles. The topological polar surface area (TPSA) is 64.0 Å². The van der Waals surface area contributed by atoms with Gasteiger partial charge < -0.3 is 5.32 Å². The molecule has 0 saturated carbocycles. The molecule has 5 heteroatoms. The van der Waals surface area contributed by atoms with E-state index in [9.17, 15) is 9.59 Å². The SMILES string of the molecule is CCC(=O)C(=O)N[C@H](C)c1cnn(-c2cccc3ccccc23)c1C. The quantitative estimate of drug-likeness (QED) is 0.726. The summed E-state index contributed by atoms with van der Waals surface area (Å²) in [5, 5.41) is 9.51. The van der Waals surface area contributed by atoms with Gasteiger partial charge in [-0.2, -0.15) is 5.10 Å². The van der Waals surface area contributed by atoms with Gasteiger partial charge >= 0.3 is 0 Å². The molecule has 128 valence electrons. The van der Waals surface area contributed by atoms with Crippen LogP contribution in [0.2, 0.25) is 0 Å². The molecule has 1 heterocycles. The van der Waals surface area contributed by atoms with Crippen molar-refractivity contribution < 1.29 is 9.59 Å². The van der Waals surface area contributed by atoms with Crippen LogP contribution in [0.25, 0.3) is 16.5 Å². The maximum atomic E-state index is 11.8. The molecule has 0 spiro atoms. The minimum Gasteiger partial charge on any atom is -0.343 e. The number of aromatic nitrogens is 2. The second kappa shape index (κ2) is 6.89. The first-order chi connectivity index (χ1) is 12.0. The molecule has 0 unspecified atom stereocenters. The Bertz CT molecular complexity index is 938. The minimum atomic E-state index is -0.549. The third kappa shape index (κ3) is 3.18. The fourth-order valence-corrected chi connectivity index (χ4v) is 3.00. The van der Waals surface area contributed by atoms with Crippen molar-refractivity contribution in [2.75, 3.05) is 0 Å². The zero-order valence-corrected chi connectivity index (χ0v) is 14.6. The third-order valence-electron chi connectivity index (χ3n) is 4.43. The molecule has 0 fully saturated rings. The molecule has 1 atom stereocenters. The van der Waals surface area contributed by atoms with Crippen LogP contribution in [0.5, 0.6) is 0 Å². The summed E-state index contributed by atoms with van der Waals surface area (Å²) in [5.41, 5.74) is 2.82. The van der Waals surface area contributed by atoms with E-state index >= 15 is 0 Å². The van der Waals surface area contributed by atoms with Crippen LogP contribution in [-0.4, -0.2) is 21.5 Å². The number of carbonyl (C=O) groups is 2. The van der Waals surface area contributed by atoms with Crippen LogP contribution in [0.3, 0.4) is 0 Å². The predicted octanol–water partition coefficient (Wildman–Crippen LogP) is 3.49. The first-order valence-corrected chi connectivity index (χ1v) is 8.39. The van der Waals surface area contributed by atoms with Crippen LogP contribution in [-0.2, 0) is 9.59 Å². The Kier molecular flexibility index (Phi) is 4.65. The summed E-state index contributed by atoms with van der Waals surface area (Å²) >= 11 is 0. The molecular weight excluding hydrogens is 314 g/mol. The van der Waals surface area contributed by atoms with E-state index in [0.29, 0.717) is 0 Å². The number of nitrogens with zero attached hydrogens (tertiary/aromatic N) is 2. The van der Waals surface area contributed by atoms with Gasteiger partial charge in [0.05, 0.1) is 17.9 Å². The molecule has 3 rings (SSSR count). The van der Waals surface area contributed by atoms with E-state index in [4.69, 9.17) is 0 Å². The van der Waals surface area contributed by atoms with Gasteiger partial charge in [-0.05, 0) is 25.3 Å². The van der Waals surface area contributed by atoms with Gasteiger partial charge in [-0.3, -0.25) is 9.59 Å². The molecule has 0 radical (unpaired) electrons. The number of rotatable bonds is 5. The highest BCUT2D eigenvalue weighted by atomic mass is 16.2. The minimum absolute atomic E-state index is 0.201. The number of nitrogens with one attached hydrogen (secondary N) is 1. The number of benzene rings is 2. The van der Waals surface area contributed by atoms with Crippen LogP contribution in [0.1, 0.15) is 37.6 Å². The monoisotopic (exact) mass is 335 g/mol. The number of hydrogen-bond acceptors (Lipinski definition) is 3. The van der Waals surface area contributed by atoms with Crippen molar-refractivity contribution in [3.05, 3.63) is 59.9 Å².